The number of halogens is 1. The summed E-state index contributed by atoms with van der Waals surface area (Å²) < 4.78 is 13.9. The van der Waals surface area contributed by atoms with Crippen LogP contribution in [0.3, 0.4) is 0 Å². The second kappa shape index (κ2) is 12.8. The molecule has 2 aliphatic carbocycles. The zero-order valence-electron chi connectivity index (χ0n) is 23.5. The zero-order valence-corrected chi connectivity index (χ0v) is 23.5. The fourth-order valence-corrected chi connectivity index (χ4v) is 7.08. The molecular formula is C32H44FNO5. The Morgan fingerprint density at radius 1 is 1.13 bits per heavy atom. The standard InChI is InChI=1S/C32H44FNO5/c1-4-8-20(15-21-12-13-27(36)26(33)16-21)11-14-28(37)29-23(19(2)3)17-24-30(25(29)18-35)32(39)34(31(24)38)22-9-6-5-7-10-22/h12-13,15-16,19,22,24-25,28,30,35-37H,4-11,14,17-18H2,1-3H3/b20-15+/t24-,25+,28-,30-/m1/s1. The summed E-state index contributed by atoms with van der Waals surface area (Å²) >= 11 is 0. The van der Waals surface area contributed by atoms with Crippen LogP contribution < -0.4 is 0 Å². The second-order valence-electron chi connectivity index (χ2n) is 11.9. The maximum atomic E-state index is 13.9. The molecule has 0 spiro atoms. The molecule has 0 radical (unpaired) electrons. The highest BCUT2D eigenvalue weighted by Crippen LogP contribution is 2.49. The van der Waals surface area contributed by atoms with Gasteiger partial charge in [0.15, 0.2) is 11.6 Å². The molecule has 3 N–H and O–H groups in total. The van der Waals surface area contributed by atoms with E-state index in [9.17, 15) is 29.3 Å². The molecule has 1 saturated carbocycles. The number of aliphatic hydroxyl groups is 2. The van der Waals surface area contributed by atoms with Crippen LogP contribution in [0.25, 0.3) is 6.08 Å². The lowest BCUT2D eigenvalue weighted by atomic mass is 9.66. The number of imide groups is 1. The average Bonchev–Trinajstić information content (AvgIpc) is 3.17. The van der Waals surface area contributed by atoms with Crippen molar-refractivity contribution in [2.75, 3.05) is 6.61 Å². The molecule has 39 heavy (non-hydrogen) atoms. The van der Waals surface area contributed by atoms with Gasteiger partial charge in [-0.3, -0.25) is 14.5 Å². The lowest BCUT2D eigenvalue weighted by Crippen LogP contribution is -2.42. The highest BCUT2D eigenvalue weighted by molar-refractivity contribution is 6.06. The lowest BCUT2D eigenvalue weighted by Gasteiger charge is -2.38. The number of aromatic hydroxyl groups is 1. The number of carbonyl (C=O) groups excluding carboxylic acids is 2. The van der Waals surface area contributed by atoms with Crippen molar-refractivity contribution in [2.45, 2.75) is 97.1 Å². The molecule has 4 atom stereocenters. The summed E-state index contributed by atoms with van der Waals surface area (Å²) in [7, 11) is 0. The van der Waals surface area contributed by atoms with Crippen molar-refractivity contribution >= 4 is 17.9 Å². The molecule has 0 aromatic heterocycles. The van der Waals surface area contributed by atoms with E-state index in [4.69, 9.17) is 0 Å². The smallest absolute Gasteiger partial charge is 0.234 e. The van der Waals surface area contributed by atoms with E-state index < -0.39 is 29.7 Å². The Labute approximate surface area is 231 Å². The van der Waals surface area contributed by atoms with Crippen molar-refractivity contribution in [1.29, 1.82) is 0 Å². The van der Waals surface area contributed by atoms with E-state index in [1.807, 2.05) is 19.9 Å². The Bertz CT molecular complexity index is 1120. The largest absolute Gasteiger partial charge is 0.505 e. The van der Waals surface area contributed by atoms with E-state index in [0.29, 0.717) is 24.8 Å². The van der Waals surface area contributed by atoms with E-state index in [2.05, 4.69) is 6.92 Å². The average molecular weight is 542 g/mol. The van der Waals surface area contributed by atoms with Gasteiger partial charge >= 0.3 is 0 Å². The quantitative estimate of drug-likeness (QED) is 0.259. The molecule has 2 fully saturated rings. The first-order valence-electron chi connectivity index (χ1n) is 14.7. The summed E-state index contributed by atoms with van der Waals surface area (Å²) in [6.45, 7) is 5.86. The fourth-order valence-electron chi connectivity index (χ4n) is 7.08. The fraction of sp³-hybridized carbons (Fsp3) is 0.625. The molecule has 214 valence electrons. The Morgan fingerprint density at radius 3 is 2.46 bits per heavy atom. The number of carbonyl (C=O) groups is 2. The van der Waals surface area contributed by atoms with Gasteiger partial charge in [-0.1, -0.05) is 69.7 Å². The number of amides is 2. The third-order valence-electron chi connectivity index (χ3n) is 9.00. The Kier molecular flexibility index (Phi) is 9.65. The van der Waals surface area contributed by atoms with Gasteiger partial charge in [-0.05, 0) is 67.7 Å². The van der Waals surface area contributed by atoms with E-state index in [1.165, 1.54) is 17.0 Å². The van der Waals surface area contributed by atoms with E-state index in [0.717, 1.165) is 61.7 Å². The number of phenolic OH excluding ortho intramolecular Hbond substituents is 1. The van der Waals surface area contributed by atoms with Crippen LogP contribution in [-0.4, -0.2) is 50.8 Å². The van der Waals surface area contributed by atoms with Crippen molar-refractivity contribution in [2.24, 2.45) is 23.7 Å². The Morgan fingerprint density at radius 2 is 1.85 bits per heavy atom. The normalized spacial score (nSPS) is 25.6. The monoisotopic (exact) mass is 541 g/mol. The SMILES string of the molecule is CCC/C(=C\c1ccc(O)c(F)c1)CC[C@@H](O)C1=C(C(C)C)C[C@H]2C(=O)N(C3CCCCC3)C(=O)[C@H]2[C@H]1CO. The molecule has 6 nitrogen and oxygen atoms in total. The molecule has 3 aliphatic rings. The Hall–Kier alpha value is -2.51. The molecular weight excluding hydrogens is 497 g/mol. The van der Waals surface area contributed by atoms with Crippen molar-refractivity contribution < 1.29 is 29.3 Å². The van der Waals surface area contributed by atoms with Gasteiger partial charge in [-0.25, -0.2) is 4.39 Å². The van der Waals surface area contributed by atoms with Crippen molar-refractivity contribution in [1.82, 2.24) is 4.90 Å². The number of phenols is 1. The number of benzene rings is 1. The summed E-state index contributed by atoms with van der Waals surface area (Å²) in [5.41, 5.74) is 3.41. The molecule has 7 heteroatoms. The minimum atomic E-state index is -0.857. The first kappa shape index (κ1) is 29.5. The molecule has 1 aromatic carbocycles. The van der Waals surface area contributed by atoms with Gasteiger partial charge in [0.25, 0.3) is 0 Å². The number of fused-ring (bicyclic) bond motifs is 1. The predicted molar refractivity (Wildman–Crippen MR) is 149 cm³/mol. The van der Waals surface area contributed by atoms with E-state index in [-0.39, 0.29) is 36.1 Å². The van der Waals surface area contributed by atoms with Gasteiger partial charge in [-0.15, -0.1) is 0 Å². The first-order chi connectivity index (χ1) is 18.7. The molecule has 4 rings (SSSR count). The molecule has 1 aromatic rings. The van der Waals surface area contributed by atoms with Crippen LogP contribution >= 0.6 is 0 Å². The van der Waals surface area contributed by atoms with Crippen molar-refractivity contribution in [3.05, 3.63) is 46.3 Å². The van der Waals surface area contributed by atoms with Crippen molar-refractivity contribution in [3.8, 4) is 5.75 Å². The van der Waals surface area contributed by atoms with Crippen LogP contribution in [0.2, 0.25) is 0 Å². The minimum absolute atomic E-state index is 0.0500. The molecule has 1 heterocycles. The minimum Gasteiger partial charge on any atom is -0.505 e. The van der Waals surface area contributed by atoms with Crippen LogP contribution in [0, 0.1) is 29.5 Å². The summed E-state index contributed by atoms with van der Waals surface area (Å²) in [5.74, 6) is -2.94. The first-order valence-corrected chi connectivity index (χ1v) is 14.7. The number of hydrogen-bond donors (Lipinski definition) is 3. The van der Waals surface area contributed by atoms with Crippen molar-refractivity contribution in [3.63, 3.8) is 0 Å². The molecule has 1 aliphatic heterocycles. The number of likely N-dealkylation sites (tertiary alicyclic amines) is 1. The van der Waals surface area contributed by atoms with Crippen LogP contribution in [0.5, 0.6) is 5.75 Å². The summed E-state index contributed by atoms with van der Waals surface area (Å²) in [4.78, 5) is 28.8. The highest BCUT2D eigenvalue weighted by Gasteiger charge is 2.56. The number of aliphatic hydroxyl groups excluding tert-OH is 2. The van der Waals surface area contributed by atoms with Crippen LogP contribution in [-0.2, 0) is 9.59 Å². The van der Waals surface area contributed by atoms with Gasteiger partial charge in [0.2, 0.25) is 11.8 Å². The lowest BCUT2D eigenvalue weighted by molar-refractivity contribution is -0.143. The third-order valence-corrected chi connectivity index (χ3v) is 9.00. The maximum Gasteiger partial charge on any atom is 0.234 e. The van der Waals surface area contributed by atoms with E-state index >= 15 is 0 Å². The number of allylic oxidation sites excluding steroid dienone is 2. The number of rotatable bonds is 10. The maximum absolute atomic E-state index is 13.9. The highest BCUT2D eigenvalue weighted by atomic mass is 19.1. The van der Waals surface area contributed by atoms with Gasteiger partial charge in [-0.2, -0.15) is 0 Å². The van der Waals surface area contributed by atoms with Crippen LogP contribution in [0.15, 0.2) is 34.9 Å². The van der Waals surface area contributed by atoms with Crippen LogP contribution in [0.1, 0.15) is 90.5 Å². The molecule has 2 amide bonds. The second-order valence-corrected chi connectivity index (χ2v) is 11.9. The van der Waals surface area contributed by atoms with Gasteiger partial charge in [0.1, 0.15) is 0 Å². The van der Waals surface area contributed by atoms with E-state index in [1.54, 1.807) is 6.07 Å². The van der Waals surface area contributed by atoms with Crippen LogP contribution in [0.4, 0.5) is 4.39 Å². The summed E-state index contributed by atoms with van der Waals surface area (Å²) in [6.07, 6.45) is 8.99. The zero-order chi connectivity index (χ0) is 28.3. The third kappa shape index (κ3) is 6.14. The molecule has 1 saturated heterocycles. The summed E-state index contributed by atoms with van der Waals surface area (Å²) in [5, 5.41) is 31.6. The van der Waals surface area contributed by atoms with Gasteiger partial charge in [0, 0.05) is 12.0 Å². The predicted octanol–water partition coefficient (Wildman–Crippen LogP) is 5.75. The Balaban J connectivity index is 1.58. The molecule has 0 unspecified atom stereocenters. The number of hydrogen-bond acceptors (Lipinski definition) is 5. The van der Waals surface area contributed by atoms with Gasteiger partial charge < -0.3 is 15.3 Å². The molecule has 0 bridgehead atoms. The topological polar surface area (TPSA) is 98.1 Å². The van der Waals surface area contributed by atoms with Gasteiger partial charge in [0.05, 0.1) is 24.5 Å². The number of nitrogens with zero attached hydrogens (tertiary/aromatic N) is 1. The summed E-state index contributed by atoms with van der Waals surface area (Å²) in [6, 6.07) is 4.24.